The van der Waals surface area contributed by atoms with Crippen LogP contribution >= 0.6 is 0 Å². The number of fused-ring (bicyclic) bond motifs is 1. The van der Waals surface area contributed by atoms with Crippen LogP contribution in [0.1, 0.15) is 22.3 Å². The number of nitrogens with zero attached hydrogens (tertiary/aromatic N) is 3. The van der Waals surface area contributed by atoms with E-state index < -0.39 is 0 Å². The van der Waals surface area contributed by atoms with Crippen molar-refractivity contribution in [1.82, 2.24) is 9.78 Å². The van der Waals surface area contributed by atoms with Crippen molar-refractivity contribution in [3.05, 3.63) is 72.1 Å². The Labute approximate surface area is 164 Å². The van der Waals surface area contributed by atoms with Crippen LogP contribution in [0.25, 0.3) is 0 Å². The van der Waals surface area contributed by atoms with E-state index in [4.69, 9.17) is 4.74 Å². The van der Waals surface area contributed by atoms with Crippen molar-refractivity contribution < 1.29 is 9.53 Å². The summed E-state index contributed by atoms with van der Waals surface area (Å²) in [5, 5.41) is 7.14. The maximum Gasteiger partial charge on any atom is 0.257 e. The molecule has 1 aliphatic heterocycles. The van der Waals surface area contributed by atoms with Crippen molar-refractivity contribution in [1.29, 1.82) is 0 Å². The number of amides is 1. The largest absolute Gasteiger partial charge is 0.492 e. The smallest absolute Gasteiger partial charge is 0.257 e. The number of nitrogens with one attached hydrogen (secondary N) is 1. The molecule has 2 heterocycles. The van der Waals surface area contributed by atoms with E-state index in [0.29, 0.717) is 13.2 Å². The van der Waals surface area contributed by atoms with Crippen LogP contribution in [0.3, 0.4) is 0 Å². The van der Waals surface area contributed by atoms with Crippen LogP contribution in [0.5, 0.6) is 5.75 Å². The first-order valence-corrected chi connectivity index (χ1v) is 9.55. The molecule has 4 rings (SSSR count). The highest BCUT2D eigenvalue weighted by molar-refractivity contribution is 6.08. The lowest BCUT2D eigenvalue weighted by Gasteiger charge is -2.29. The first-order valence-electron chi connectivity index (χ1n) is 9.55. The first kappa shape index (κ1) is 18.1. The SMILES string of the molecule is CN1CCCc2cccc(C(=O)Nc3ccc(OCCn4cccn4)cc3)c21. The molecule has 0 atom stereocenters. The Bertz CT molecular complexity index is 936. The van der Waals surface area contributed by atoms with Crippen LogP contribution in [0.15, 0.2) is 60.9 Å². The number of carbonyl (C=O) groups is 1. The van der Waals surface area contributed by atoms with Crippen LogP contribution in [0, 0.1) is 0 Å². The minimum Gasteiger partial charge on any atom is -0.492 e. The number of carbonyl (C=O) groups excluding carboxylic acids is 1. The molecule has 0 radical (unpaired) electrons. The number of hydrogen-bond acceptors (Lipinski definition) is 4. The molecule has 3 aromatic rings. The van der Waals surface area contributed by atoms with Crippen molar-refractivity contribution in [2.24, 2.45) is 0 Å². The zero-order valence-electron chi connectivity index (χ0n) is 16.0. The van der Waals surface area contributed by atoms with Gasteiger partial charge in [0.25, 0.3) is 5.91 Å². The maximum atomic E-state index is 12.8. The van der Waals surface area contributed by atoms with Gasteiger partial charge in [-0.2, -0.15) is 5.10 Å². The van der Waals surface area contributed by atoms with Gasteiger partial charge in [0, 0.05) is 31.7 Å². The quantitative estimate of drug-likeness (QED) is 0.714. The van der Waals surface area contributed by atoms with Gasteiger partial charge in [-0.05, 0) is 54.8 Å². The van der Waals surface area contributed by atoms with E-state index in [0.717, 1.165) is 42.1 Å². The van der Waals surface area contributed by atoms with Crippen molar-refractivity contribution in [3.63, 3.8) is 0 Å². The Hall–Kier alpha value is -3.28. The fourth-order valence-corrected chi connectivity index (χ4v) is 3.57. The van der Waals surface area contributed by atoms with Crippen molar-refractivity contribution in [2.75, 3.05) is 30.4 Å². The highest BCUT2D eigenvalue weighted by atomic mass is 16.5. The van der Waals surface area contributed by atoms with Crippen LogP contribution in [0.2, 0.25) is 0 Å². The molecule has 1 aliphatic rings. The normalized spacial score (nSPS) is 13.1. The number of hydrogen-bond donors (Lipinski definition) is 1. The lowest BCUT2D eigenvalue weighted by molar-refractivity contribution is 0.102. The minimum atomic E-state index is -0.0852. The molecule has 144 valence electrons. The molecule has 1 amide bonds. The molecule has 0 fully saturated rings. The molecule has 1 N–H and O–H groups in total. The molecule has 6 heteroatoms. The Morgan fingerprint density at radius 2 is 2.04 bits per heavy atom. The maximum absolute atomic E-state index is 12.8. The number of rotatable bonds is 6. The van der Waals surface area contributed by atoms with Gasteiger partial charge in [-0.25, -0.2) is 0 Å². The second-order valence-corrected chi connectivity index (χ2v) is 6.93. The van der Waals surface area contributed by atoms with Gasteiger partial charge < -0.3 is 15.0 Å². The van der Waals surface area contributed by atoms with E-state index in [-0.39, 0.29) is 5.91 Å². The predicted molar refractivity (Wildman–Crippen MR) is 110 cm³/mol. The molecular formula is C22H24N4O2. The Morgan fingerprint density at radius 3 is 2.82 bits per heavy atom. The summed E-state index contributed by atoms with van der Waals surface area (Å²) in [7, 11) is 2.05. The van der Waals surface area contributed by atoms with E-state index in [2.05, 4.69) is 21.4 Å². The molecule has 28 heavy (non-hydrogen) atoms. The highest BCUT2D eigenvalue weighted by Crippen LogP contribution is 2.30. The van der Waals surface area contributed by atoms with E-state index in [1.165, 1.54) is 5.56 Å². The first-order chi connectivity index (χ1) is 13.7. The van der Waals surface area contributed by atoms with Gasteiger partial charge in [-0.15, -0.1) is 0 Å². The van der Waals surface area contributed by atoms with Crippen LogP contribution in [-0.4, -0.2) is 35.9 Å². The Morgan fingerprint density at radius 1 is 1.18 bits per heavy atom. The summed E-state index contributed by atoms with van der Waals surface area (Å²) in [5.74, 6) is 0.680. The lowest BCUT2D eigenvalue weighted by Crippen LogP contribution is -2.28. The molecule has 0 saturated heterocycles. The third kappa shape index (κ3) is 4.01. The molecule has 0 aliphatic carbocycles. The average molecular weight is 376 g/mol. The topological polar surface area (TPSA) is 59.4 Å². The summed E-state index contributed by atoms with van der Waals surface area (Å²) in [6, 6.07) is 15.3. The summed E-state index contributed by atoms with van der Waals surface area (Å²) in [5.41, 5.74) is 3.76. The van der Waals surface area contributed by atoms with Crippen LogP contribution < -0.4 is 15.0 Å². The number of anilines is 2. The molecule has 1 aromatic heterocycles. The standard InChI is InChI=1S/C22H24N4O2/c1-25-13-3-6-17-5-2-7-20(21(17)25)22(27)24-18-8-10-19(11-9-18)28-16-15-26-14-4-12-23-26/h2,4-5,7-12,14H,3,6,13,15-16H2,1H3,(H,24,27). The second-order valence-electron chi connectivity index (χ2n) is 6.93. The third-order valence-electron chi connectivity index (χ3n) is 4.95. The number of benzene rings is 2. The number of aromatic nitrogens is 2. The van der Waals surface area contributed by atoms with Crippen LogP contribution in [-0.2, 0) is 13.0 Å². The van der Waals surface area contributed by atoms with Gasteiger partial charge in [-0.3, -0.25) is 9.48 Å². The van der Waals surface area contributed by atoms with Crippen molar-refractivity contribution in [2.45, 2.75) is 19.4 Å². The van der Waals surface area contributed by atoms with Gasteiger partial charge in [0.2, 0.25) is 0 Å². The van der Waals surface area contributed by atoms with Gasteiger partial charge in [-0.1, -0.05) is 12.1 Å². The molecule has 0 saturated carbocycles. The molecule has 0 bridgehead atoms. The van der Waals surface area contributed by atoms with E-state index in [9.17, 15) is 4.79 Å². The molecular weight excluding hydrogens is 352 g/mol. The monoisotopic (exact) mass is 376 g/mol. The minimum absolute atomic E-state index is 0.0852. The Kier molecular flexibility index (Phi) is 5.28. The Balaban J connectivity index is 1.39. The molecule has 2 aromatic carbocycles. The van der Waals surface area contributed by atoms with Crippen molar-refractivity contribution in [3.8, 4) is 5.75 Å². The summed E-state index contributed by atoms with van der Waals surface area (Å²) in [6.07, 6.45) is 5.79. The summed E-state index contributed by atoms with van der Waals surface area (Å²) in [4.78, 5) is 15.0. The van der Waals surface area contributed by atoms with Gasteiger partial charge >= 0.3 is 0 Å². The fraction of sp³-hybridized carbons (Fsp3) is 0.273. The van der Waals surface area contributed by atoms with Crippen LogP contribution in [0.4, 0.5) is 11.4 Å². The highest BCUT2D eigenvalue weighted by Gasteiger charge is 2.21. The summed E-state index contributed by atoms with van der Waals surface area (Å²) >= 11 is 0. The van der Waals surface area contributed by atoms with E-state index in [1.807, 2.05) is 60.4 Å². The number of aryl methyl sites for hydroxylation is 1. The summed E-state index contributed by atoms with van der Waals surface area (Å²) in [6.45, 7) is 2.20. The molecule has 0 unspecified atom stereocenters. The lowest BCUT2D eigenvalue weighted by atomic mass is 9.97. The van der Waals surface area contributed by atoms with Gasteiger partial charge in [0.1, 0.15) is 12.4 Å². The number of para-hydroxylation sites is 1. The fourth-order valence-electron chi connectivity index (χ4n) is 3.57. The average Bonchev–Trinajstić information content (AvgIpc) is 3.23. The van der Waals surface area contributed by atoms with E-state index >= 15 is 0 Å². The summed E-state index contributed by atoms with van der Waals surface area (Å²) < 4.78 is 7.56. The zero-order valence-corrected chi connectivity index (χ0v) is 16.0. The zero-order chi connectivity index (χ0) is 19.3. The predicted octanol–water partition coefficient (Wildman–Crippen LogP) is 3.60. The van der Waals surface area contributed by atoms with Gasteiger partial charge in [0.15, 0.2) is 0 Å². The van der Waals surface area contributed by atoms with E-state index in [1.54, 1.807) is 6.20 Å². The van der Waals surface area contributed by atoms with Crippen molar-refractivity contribution >= 4 is 17.3 Å². The third-order valence-corrected chi connectivity index (χ3v) is 4.95. The molecule has 6 nitrogen and oxygen atoms in total. The number of ether oxygens (including phenoxy) is 1. The van der Waals surface area contributed by atoms with Gasteiger partial charge in [0.05, 0.1) is 17.8 Å². The molecule has 0 spiro atoms. The second kappa shape index (κ2) is 8.17.